The Bertz CT molecular complexity index is 691. The summed E-state index contributed by atoms with van der Waals surface area (Å²) >= 11 is 0. The van der Waals surface area contributed by atoms with Crippen LogP contribution in [0.5, 0.6) is 11.5 Å². The van der Waals surface area contributed by atoms with Crippen LogP contribution in [-0.4, -0.2) is 17.3 Å². The van der Waals surface area contributed by atoms with Gasteiger partial charge in [-0.3, -0.25) is 0 Å². The van der Waals surface area contributed by atoms with Crippen molar-refractivity contribution < 1.29 is 9.84 Å². The number of benzene rings is 2. The van der Waals surface area contributed by atoms with Gasteiger partial charge in [-0.25, -0.2) is 0 Å². The zero-order chi connectivity index (χ0) is 17.9. The van der Waals surface area contributed by atoms with E-state index in [1.165, 1.54) is 11.1 Å². The number of phenolic OH excluding ortho intramolecular Hbond substituents is 1. The summed E-state index contributed by atoms with van der Waals surface area (Å²) in [6.45, 7) is 7.54. The molecular formula is C22H29NO2. The Morgan fingerprint density at radius 2 is 1.80 bits per heavy atom. The molecule has 1 unspecified atom stereocenters. The monoisotopic (exact) mass is 339 g/mol. The Morgan fingerprint density at radius 3 is 2.48 bits per heavy atom. The van der Waals surface area contributed by atoms with Crippen molar-refractivity contribution in [2.45, 2.75) is 57.6 Å². The lowest BCUT2D eigenvalue weighted by atomic mass is 9.79. The van der Waals surface area contributed by atoms with Crippen LogP contribution in [0, 0.1) is 0 Å². The van der Waals surface area contributed by atoms with E-state index in [0.717, 1.165) is 31.6 Å². The lowest BCUT2D eigenvalue weighted by Crippen LogP contribution is -2.42. The zero-order valence-corrected chi connectivity index (χ0v) is 15.5. The molecule has 0 radical (unpaired) electrons. The van der Waals surface area contributed by atoms with Crippen molar-refractivity contribution in [3.8, 4) is 11.5 Å². The number of nitrogens with one attached hydrogen (secondary N) is 1. The van der Waals surface area contributed by atoms with Crippen molar-refractivity contribution in [2.75, 3.05) is 6.54 Å². The molecule has 0 fully saturated rings. The lowest BCUT2D eigenvalue weighted by molar-refractivity contribution is 0.0272. The van der Waals surface area contributed by atoms with Crippen molar-refractivity contribution in [2.24, 2.45) is 0 Å². The van der Waals surface area contributed by atoms with E-state index in [2.05, 4.69) is 50.4 Å². The molecular weight excluding hydrogens is 310 g/mol. The summed E-state index contributed by atoms with van der Waals surface area (Å²) in [5.41, 5.74) is 2.45. The highest BCUT2D eigenvalue weighted by Crippen LogP contribution is 2.43. The third-order valence-corrected chi connectivity index (χ3v) is 5.66. The first-order valence-electron chi connectivity index (χ1n) is 9.37. The average molecular weight is 339 g/mol. The maximum absolute atomic E-state index is 9.46. The first-order chi connectivity index (χ1) is 12.1. The standard InChI is InChI=1S/C22H29NO2/c1-4-22(5-2)14-18(20-8-6-7-9-21(20)25-22)15-23-16(3)17-10-12-19(24)13-11-17/h6-13,16,18,23-24H,4-5,14-15H2,1-3H3/t16?,18-/m0/s1. The van der Waals surface area contributed by atoms with Gasteiger partial charge in [-0.05, 0) is 55.5 Å². The van der Waals surface area contributed by atoms with Crippen LogP contribution in [0.25, 0.3) is 0 Å². The quantitative estimate of drug-likeness (QED) is 0.763. The van der Waals surface area contributed by atoms with Gasteiger partial charge in [-0.2, -0.15) is 0 Å². The third-order valence-electron chi connectivity index (χ3n) is 5.66. The molecule has 2 aromatic carbocycles. The summed E-state index contributed by atoms with van der Waals surface area (Å²) in [7, 11) is 0. The summed E-state index contributed by atoms with van der Waals surface area (Å²) < 4.78 is 6.40. The molecule has 134 valence electrons. The molecule has 0 saturated carbocycles. The first kappa shape index (κ1) is 17.8. The van der Waals surface area contributed by atoms with E-state index in [1.807, 2.05) is 12.1 Å². The minimum absolute atomic E-state index is 0.0531. The number of aromatic hydroxyl groups is 1. The zero-order valence-electron chi connectivity index (χ0n) is 15.5. The number of para-hydroxylation sites is 1. The predicted octanol–water partition coefficient (Wildman–Crippen LogP) is 5.17. The molecule has 25 heavy (non-hydrogen) atoms. The van der Waals surface area contributed by atoms with E-state index in [1.54, 1.807) is 12.1 Å². The first-order valence-corrected chi connectivity index (χ1v) is 9.37. The number of phenols is 1. The number of hydrogen-bond donors (Lipinski definition) is 2. The molecule has 3 nitrogen and oxygen atoms in total. The second-order valence-corrected chi connectivity index (χ2v) is 7.15. The van der Waals surface area contributed by atoms with Gasteiger partial charge in [0.05, 0.1) is 0 Å². The van der Waals surface area contributed by atoms with E-state index in [9.17, 15) is 5.11 Å². The van der Waals surface area contributed by atoms with Crippen molar-refractivity contribution in [3.05, 3.63) is 59.7 Å². The van der Waals surface area contributed by atoms with Crippen LogP contribution in [0.3, 0.4) is 0 Å². The highest BCUT2D eigenvalue weighted by atomic mass is 16.5. The molecule has 2 atom stereocenters. The van der Waals surface area contributed by atoms with Gasteiger partial charge in [0.25, 0.3) is 0 Å². The molecule has 0 aliphatic carbocycles. The molecule has 3 heteroatoms. The van der Waals surface area contributed by atoms with Crippen molar-refractivity contribution >= 4 is 0 Å². The number of ether oxygens (including phenoxy) is 1. The molecule has 2 N–H and O–H groups in total. The van der Waals surface area contributed by atoms with E-state index < -0.39 is 0 Å². The molecule has 0 spiro atoms. The Labute approximate surface area is 151 Å². The lowest BCUT2D eigenvalue weighted by Gasteiger charge is -2.42. The van der Waals surface area contributed by atoms with Crippen molar-refractivity contribution in [1.82, 2.24) is 5.32 Å². The Kier molecular flexibility index (Phi) is 5.33. The second-order valence-electron chi connectivity index (χ2n) is 7.15. The summed E-state index contributed by atoms with van der Waals surface area (Å²) in [6.07, 6.45) is 3.11. The van der Waals surface area contributed by atoms with E-state index in [4.69, 9.17) is 4.74 Å². The minimum atomic E-state index is -0.0531. The third kappa shape index (κ3) is 3.82. The summed E-state index contributed by atoms with van der Waals surface area (Å²) in [6, 6.07) is 16.2. The summed E-state index contributed by atoms with van der Waals surface area (Å²) in [4.78, 5) is 0. The number of hydrogen-bond acceptors (Lipinski definition) is 3. The van der Waals surface area contributed by atoms with Crippen LogP contribution in [-0.2, 0) is 0 Å². The molecule has 1 aliphatic heterocycles. The van der Waals surface area contributed by atoms with E-state index in [0.29, 0.717) is 11.7 Å². The molecule has 1 aliphatic rings. The van der Waals surface area contributed by atoms with Gasteiger partial charge < -0.3 is 15.2 Å². The number of rotatable bonds is 6. The largest absolute Gasteiger partial charge is 0.508 e. The van der Waals surface area contributed by atoms with Crippen LogP contribution in [0.4, 0.5) is 0 Å². The van der Waals surface area contributed by atoms with Gasteiger partial charge in [0, 0.05) is 18.5 Å². The molecule has 0 bridgehead atoms. The maximum Gasteiger partial charge on any atom is 0.123 e. The van der Waals surface area contributed by atoms with Gasteiger partial charge in [0.2, 0.25) is 0 Å². The van der Waals surface area contributed by atoms with E-state index in [-0.39, 0.29) is 11.6 Å². The van der Waals surface area contributed by atoms with Gasteiger partial charge in [0.1, 0.15) is 17.1 Å². The molecule has 3 rings (SSSR count). The molecule has 0 amide bonds. The molecule has 2 aromatic rings. The highest BCUT2D eigenvalue weighted by Gasteiger charge is 2.38. The predicted molar refractivity (Wildman–Crippen MR) is 102 cm³/mol. The van der Waals surface area contributed by atoms with Crippen LogP contribution in [0.1, 0.15) is 63.1 Å². The van der Waals surface area contributed by atoms with Crippen molar-refractivity contribution in [1.29, 1.82) is 0 Å². The van der Waals surface area contributed by atoms with Gasteiger partial charge in [0.15, 0.2) is 0 Å². The fourth-order valence-electron chi connectivity index (χ4n) is 3.81. The van der Waals surface area contributed by atoms with Gasteiger partial charge in [-0.1, -0.05) is 44.2 Å². The van der Waals surface area contributed by atoms with Gasteiger partial charge >= 0.3 is 0 Å². The smallest absolute Gasteiger partial charge is 0.123 e. The average Bonchev–Trinajstić information content (AvgIpc) is 2.66. The fraction of sp³-hybridized carbons (Fsp3) is 0.455. The van der Waals surface area contributed by atoms with Crippen LogP contribution in [0.15, 0.2) is 48.5 Å². The molecule has 1 heterocycles. The Balaban J connectivity index is 1.75. The van der Waals surface area contributed by atoms with Crippen LogP contribution in [0.2, 0.25) is 0 Å². The topological polar surface area (TPSA) is 41.5 Å². The van der Waals surface area contributed by atoms with Gasteiger partial charge in [-0.15, -0.1) is 0 Å². The summed E-state index contributed by atoms with van der Waals surface area (Å²) in [5.74, 6) is 1.80. The summed E-state index contributed by atoms with van der Waals surface area (Å²) in [5, 5.41) is 13.1. The van der Waals surface area contributed by atoms with Crippen LogP contribution >= 0.6 is 0 Å². The Hall–Kier alpha value is -2.00. The van der Waals surface area contributed by atoms with E-state index >= 15 is 0 Å². The molecule has 0 aromatic heterocycles. The minimum Gasteiger partial charge on any atom is -0.508 e. The maximum atomic E-state index is 9.46. The van der Waals surface area contributed by atoms with Crippen molar-refractivity contribution in [3.63, 3.8) is 0 Å². The fourth-order valence-corrected chi connectivity index (χ4v) is 3.81. The number of fused-ring (bicyclic) bond motifs is 1. The Morgan fingerprint density at radius 1 is 1.12 bits per heavy atom. The van der Waals surface area contributed by atoms with Crippen LogP contribution < -0.4 is 10.1 Å². The second kappa shape index (κ2) is 7.49. The highest BCUT2D eigenvalue weighted by molar-refractivity contribution is 5.39. The molecule has 0 saturated heterocycles. The SMILES string of the molecule is CCC1(CC)C[C@@H](CNC(C)c2ccc(O)cc2)c2ccccc2O1. The normalized spacial score (nSPS) is 19.7.